The maximum Gasteiger partial charge on any atom is 0.310 e. The van der Waals surface area contributed by atoms with Crippen molar-refractivity contribution < 1.29 is 24.2 Å². The van der Waals surface area contributed by atoms with Crippen molar-refractivity contribution >= 4 is 33.4 Å². The molecule has 2 unspecified atom stereocenters. The number of alkyl halides is 2. The van der Waals surface area contributed by atoms with Gasteiger partial charge in [0.25, 0.3) is 0 Å². The molecule has 0 bridgehead atoms. The van der Waals surface area contributed by atoms with E-state index in [1.54, 1.807) is 24.3 Å². The second-order valence-corrected chi connectivity index (χ2v) is 9.80. The molecule has 9 heteroatoms. The Kier molecular flexibility index (Phi) is 3.69. The van der Waals surface area contributed by atoms with E-state index in [1.807, 2.05) is 0 Å². The molecule has 2 aromatic rings. The van der Waals surface area contributed by atoms with Crippen LogP contribution >= 0.6 is 33.4 Å². The summed E-state index contributed by atoms with van der Waals surface area (Å²) in [6, 6.07) is 9.78. The summed E-state index contributed by atoms with van der Waals surface area (Å²) in [7, 11) is -8.26. The van der Waals surface area contributed by atoms with Gasteiger partial charge in [0.05, 0.1) is 7.11 Å². The van der Waals surface area contributed by atoms with Crippen molar-refractivity contribution in [3.05, 3.63) is 59.7 Å². The lowest BCUT2D eigenvalue weighted by Crippen LogP contribution is -2.06. The normalized spacial score (nSPS) is 25.0. The summed E-state index contributed by atoms with van der Waals surface area (Å²) in [6.45, 7) is 0. The number of hydrogen-bond acceptors (Lipinski definition) is 1. The minimum atomic E-state index is -9.76. The van der Waals surface area contributed by atoms with Crippen LogP contribution in [0.5, 0.6) is 5.75 Å². The Morgan fingerprint density at radius 3 is 1.96 bits per heavy atom. The van der Waals surface area contributed by atoms with Gasteiger partial charge in [0.15, 0.2) is 0 Å². The van der Waals surface area contributed by atoms with Gasteiger partial charge in [-0.2, -0.15) is 0 Å². The molecule has 0 N–H and O–H groups in total. The minimum Gasteiger partial charge on any atom is -0.497 e. The molecule has 0 radical (unpaired) electrons. The molecule has 1 aliphatic rings. The zero-order valence-corrected chi connectivity index (χ0v) is 15.1. The lowest BCUT2D eigenvalue weighted by molar-refractivity contribution is 0.364. The highest BCUT2D eigenvalue weighted by Crippen LogP contribution is 3.02. The first kappa shape index (κ1) is 18.6. The fourth-order valence-corrected chi connectivity index (χ4v) is 4.49. The van der Waals surface area contributed by atoms with Gasteiger partial charge in [-0.1, -0.05) is 43.7 Å². The number of halogens is 7. The molecule has 138 valence electrons. The maximum atomic E-state index is 13.0. The third-order valence-corrected chi connectivity index (χ3v) is 6.28. The molecule has 1 aliphatic carbocycles. The smallest absolute Gasteiger partial charge is 0.310 e. The van der Waals surface area contributed by atoms with Gasteiger partial charge in [-0.25, -0.2) is 0 Å². The number of benzene rings is 2. The van der Waals surface area contributed by atoms with Crippen LogP contribution in [0.2, 0.25) is 0 Å². The molecule has 25 heavy (non-hydrogen) atoms. The van der Waals surface area contributed by atoms with E-state index < -0.39 is 31.3 Å². The van der Waals surface area contributed by atoms with E-state index in [0.717, 1.165) is 6.07 Å². The Morgan fingerprint density at radius 1 is 0.880 bits per heavy atom. The van der Waals surface area contributed by atoms with Crippen LogP contribution in [0.4, 0.5) is 19.4 Å². The van der Waals surface area contributed by atoms with Gasteiger partial charge in [0.1, 0.15) is 15.0 Å². The standard InChI is InChI=1S/C16H13Cl2F5OS/c1-24-12-7-5-10(6-8-12)14-15(16(14,17)18)11-3-2-4-13(9-11)25(19,20,21,22)23/h2-9,14-15H,1H3. The summed E-state index contributed by atoms with van der Waals surface area (Å²) < 4.78 is 68.8. The van der Waals surface area contributed by atoms with Gasteiger partial charge >= 0.3 is 10.2 Å². The van der Waals surface area contributed by atoms with Gasteiger partial charge in [0.2, 0.25) is 0 Å². The maximum absolute atomic E-state index is 13.0. The van der Waals surface area contributed by atoms with Crippen molar-refractivity contribution in [1.29, 1.82) is 0 Å². The number of hydrogen-bond donors (Lipinski definition) is 0. The van der Waals surface area contributed by atoms with Crippen molar-refractivity contribution in [3.63, 3.8) is 0 Å². The average Bonchev–Trinajstić information content (AvgIpc) is 3.08. The molecular weight excluding hydrogens is 406 g/mol. The average molecular weight is 419 g/mol. The summed E-state index contributed by atoms with van der Waals surface area (Å²) >= 11 is 12.5. The zero-order valence-electron chi connectivity index (χ0n) is 12.7. The molecule has 2 aromatic carbocycles. The van der Waals surface area contributed by atoms with Gasteiger partial charge in [0, 0.05) is 11.8 Å². The molecule has 1 fully saturated rings. The first-order chi connectivity index (χ1) is 11.2. The molecule has 3 rings (SSSR count). The number of ether oxygens (including phenoxy) is 1. The van der Waals surface area contributed by atoms with Crippen molar-refractivity contribution in [2.75, 3.05) is 7.11 Å². The molecule has 0 spiro atoms. The molecule has 0 amide bonds. The molecular formula is C16H13Cl2F5OS. The molecule has 0 aromatic heterocycles. The Labute approximate surface area is 151 Å². The highest BCUT2D eigenvalue weighted by molar-refractivity contribution is 8.45. The van der Waals surface area contributed by atoms with Gasteiger partial charge < -0.3 is 4.74 Å². The van der Waals surface area contributed by atoms with Crippen LogP contribution in [0.15, 0.2) is 53.4 Å². The fourth-order valence-electron chi connectivity index (χ4n) is 2.92. The first-order valence-electron chi connectivity index (χ1n) is 7.10. The molecule has 0 aliphatic heterocycles. The van der Waals surface area contributed by atoms with Crippen molar-refractivity contribution in [3.8, 4) is 5.75 Å². The lowest BCUT2D eigenvalue weighted by Gasteiger charge is -2.40. The van der Waals surface area contributed by atoms with E-state index in [-0.39, 0.29) is 5.56 Å². The number of methoxy groups -OCH3 is 1. The summed E-state index contributed by atoms with van der Waals surface area (Å²) in [6.07, 6.45) is 0. The highest BCUT2D eigenvalue weighted by Gasteiger charge is 2.67. The predicted molar refractivity (Wildman–Crippen MR) is 90.8 cm³/mol. The molecule has 1 saturated carbocycles. The van der Waals surface area contributed by atoms with E-state index in [1.165, 1.54) is 13.2 Å². The van der Waals surface area contributed by atoms with Crippen LogP contribution in [0.1, 0.15) is 23.0 Å². The summed E-state index contributed by atoms with van der Waals surface area (Å²) in [5, 5.41) is 0. The van der Waals surface area contributed by atoms with Crippen molar-refractivity contribution in [1.82, 2.24) is 0 Å². The third-order valence-electron chi connectivity index (χ3n) is 4.19. The zero-order chi connectivity index (χ0) is 18.7. The fraction of sp³-hybridized carbons (Fsp3) is 0.250. The SMILES string of the molecule is COc1ccc(C2C(c3cccc(S(F)(F)(F)(F)F)c3)C2(Cl)Cl)cc1. The molecule has 2 atom stereocenters. The van der Waals surface area contributed by atoms with E-state index >= 15 is 0 Å². The summed E-state index contributed by atoms with van der Waals surface area (Å²) in [5.74, 6) is -0.627. The topological polar surface area (TPSA) is 9.23 Å². The Morgan fingerprint density at radius 2 is 1.44 bits per heavy atom. The van der Waals surface area contributed by atoms with Crippen LogP contribution < -0.4 is 4.74 Å². The van der Waals surface area contributed by atoms with Gasteiger partial charge in [-0.3, -0.25) is 0 Å². The van der Waals surface area contributed by atoms with E-state index in [4.69, 9.17) is 27.9 Å². The lowest BCUT2D eigenvalue weighted by atomic mass is 10.0. The van der Waals surface area contributed by atoms with E-state index in [0.29, 0.717) is 23.4 Å². The highest BCUT2D eigenvalue weighted by atomic mass is 35.5. The monoisotopic (exact) mass is 418 g/mol. The van der Waals surface area contributed by atoms with Crippen LogP contribution in [0.25, 0.3) is 0 Å². The largest absolute Gasteiger partial charge is 0.497 e. The Bertz CT molecular complexity index is 821. The molecule has 0 heterocycles. The summed E-state index contributed by atoms with van der Waals surface area (Å²) in [5.41, 5.74) is 0.713. The minimum absolute atomic E-state index is 0.0246. The van der Waals surface area contributed by atoms with Gasteiger partial charge in [-0.15, -0.1) is 23.2 Å². The van der Waals surface area contributed by atoms with E-state index in [2.05, 4.69) is 0 Å². The van der Waals surface area contributed by atoms with Crippen LogP contribution in [-0.2, 0) is 0 Å². The molecule has 0 saturated heterocycles. The second-order valence-electron chi connectivity index (χ2n) is 5.94. The van der Waals surface area contributed by atoms with Gasteiger partial charge in [-0.05, 0) is 35.4 Å². The van der Waals surface area contributed by atoms with E-state index in [9.17, 15) is 19.4 Å². The Hall–Kier alpha value is -1.18. The summed E-state index contributed by atoms with van der Waals surface area (Å²) in [4.78, 5) is -1.94. The molecule has 1 nitrogen and oxygen atoms in total. The van der Waals surface area contributed by atoms with Crippen LogP contribution in [-0.4, -0.2) is 11.4 Å². The predicted octanol–water partition coefficient (Wildman–Crippen LogP) is 7.41. The van der Waals surface area contributed by atoms with Crippen LogP contribution in [0.3, 0.4) is 0 Å². The third kappa shape index (κ3) is 3.55. The first-order valence-corrected chi connectivity index (χ1v) is 9.80. The van der Waals surface area contributed by atoms with Crippen LogP contribution in [0, 0.1) is 0 Å². The van der Waals surface area contributed by atoms with Crippen molar-refractivity contribution in [2.45, 2.75) is 21.1 Å². The van der Waals surface area contributed by atoms with Crippen molar-refractivity contribution in [2.24, 2.45) is 0 Å². The number of rotatable bonds is 4. The Balaban J connectivity index is 1.97. The second kappa shape index (κ2) is 4.96. The quantitative estimate of drug-likeness (QED) is 0.371.